The molecule has 0 amide bonds. The summed E-state index contributed by atoms with van der Waals surface area (Å²) in [5.41, 5.74) is 0. The van der Waals surface area contributed by atoms with E-state index in [2.05, 4.69) is 4.74 Å². The first-order valence-electron chi connectivity index (χ1n) is 4.13. The quantitative estimate of drug-likeness (QED) is 0.667. The molecule has 0 rings (SSSR count). The fourth-order valence-electron chi connectivity index (χ4n) is 0.681. The van der Waals surface area contributed by atoms with Gasteiger partial charge in [-0.15, -0.1) is 0 Å². The van der Waals surface area contributed by atoms with Crippen LogP contribution in [0.3, 0.4) is 0 Å². The number of carbonyl (C=O) groups excluding carboxylic acids is 1. The Morgan fingerprint density at radius 2 is 1.93 bits per heavy atom. The molecule has 0 radical (unpaired) electrons. The lowest BCUT2D eigenvalue weighted by molar-refractivity contribution is -0.203. The summed E-state index contributed by atoms with van der Waals surface area (Å²) in [7, 11) is 0. The maximum absolute atomic E-state index is 12.0. The van der Waals surface area contributed by atoms with Crippen LogP contribution in [0.1, 0.15) is 27.2 Å². The molecule has 0 aromatic heterocycles. The molecule has 0 spiro atoms. The molecular weight excluding hydrogens is 197 g/mol. The molecule has 14 heavy (non-hydrogen) atoms. The van der Waals surface area contributed by atoms with E-state index in [0.717, 1.165) is 6.92 Å². The zero-order valence-corrected chi connectivity index (χ0v) is 8.31. The zero-order chi connectivity index (χ0) is 11.4. The van der Waals surface area contributed by atoms with Gasteiger partial charge in [-0.1, -0.05) is 0 Å². The Bertz CT molecular complexity index is 231. The Kier molecular flexibility index (Phi) is 4.67. The Morgan fingerprint density at radius 3 is 2.29 bits per heavy atom. The number of ether oxygens (including phenoxy) is 1. The van der Waals surface area contributed by atoms with Crippen LogP contribution >= 0.6 is 0 Å². The van der Waals surface area contributed by atoms with Crippen molar-refractivity contribution in [1.82, 2.24) is 0 Å². The molecule has 82 valence electrons. The van der Waals surface area contributed by atoms with E-state index in [4.69, 9.17) is 0 Å². The zero-order valence-electron chi connectivity index (χ0n) is 8.31. The largest absolute Gasteiger partial charge is 0.486 e. The maximum atomic E-state index is 12.0. The van der Waals surface area contributed by atoms with Gasteiger partial charge in [0.25, 0.3) is 0 Å². The van der Waals surface area contributed by atoms with E-state index in [1.165, 1.54) is 19.9 Å². The second-order valence-corrected chi connectivity index (χ2v) is 3.02. The molecule has 0 bridgehead atoms. The van der Waals surface area contributed by atoms with Crippen molar-refractivity contribution >= 4 is 5.78 Å². The lowest BCUT2D eigenvalue weighted by atomic mass is 10.3. The lowest BCUT2D eigenvalue weighted by Gasteiger charge is -2.17. The van der Waals surface area contributed by atoms with Crippen LogP contribution < -0.4 is 0 Å². The van der Waals surface area contributed by atoms with Crippen LogP contribution in [-0.4, -0.2) is 18.1 Å². The molecule has 1 atom stereocenters. The summed E-state index contributed by atoms with van der Waals surface area (Å²) in [6.45, 7) is 3.67. The molecular formula is C9H13F3O2. The van der Waals surface area contributed by atoms with Gasteiger partial charge in [0.2, 0.25) is 0 Å². The number of hydrogen-bond acceptors (Lipinski definition) is 2. The van der Waals surface area contributed by atoms with Crippen LogP contribution in [0.2, 0.25) is 0 Å². The predicted octanol–water partition coefficient (Wildman–Crippen LogP) is 2.84. The topological polar surface area (TPSA) is 26.3 Å². The molecule has 0 fully saturated rings. The summed E-state index contributed by atoms with van der Waals surface area (Å²) < 4.78 is 40.5. The summed E-state index contributed by atoms with van der Waals surface area (Å²) in [6.07, 6.45) is -4.78. The van der Waals surface area contributed by atoms with Crippen LogP contribution in [0.5, 0.6) is 0 Å². The third-order valence-electron chi connectivity index (χ3n) is 1.50. The molecule has 5 heteroatoms. The lowest BCUT2D eigenvalue weighted by Crippen LogP contribution is -2.27. The van der Waals surface area contributed by atoms with Crippen molar-refractivity contribution in [1.29, 1.82) is 0 Å². The minimum absolute atomic E-state index is 0.0937. The molecule has 0 aromatic rings. The van der Waals surface area contributed by atoms with Crippen LogP contribution in [0.25, 0.3) is 0 Å². The van der Waals surface area contributed by atoms with Crippen molar-refractivity contribution in [3.05, 3.63) is 11.8 Å². The number of allylic oxidation sites excluding steroid dienone is 2. The smallest absolute Gasteiger partial charge is 0.425 e. The Morgan fingerprint density at radius 1 is 1.43 bits per heavy atom. The van der Waals surface area contributed by atoms with Gasteiger partial charge in [0.15, 0.2) is 6.10 Å². The predicted molar refractivity (Wildman–Crippen MR) is 45.7 cm³/mol. The first-order valence-corrected chi connectivity index (χ1v) is 4.13. The van der Waals surface area contributed by atoms with Crippen molar-refractivity contribution < 1.29 is 22.7 Å². The monoisotopic (exact) mass is 210 g/mol. The van der Waals surface area contributed by atoms with Gasteiger partial charge in [-0.25, -0.2) is 0 Å². The van der Waals surface area contributed by atoms with Crippen molar-refractivity contribution in [2.45, 2.75) is 39.5 Å². The van der Waals surface area contributed by atoms with Gasteiger partial charge in [0, 0.05) is 6.42 Å². The van der Waals surface area contributed by atoms with E-state index in [9.17, 15) is 18.0 Å². The number of halogens is 3. The maximum Gasteiger partial charge on any atom is 0.425 e. The van der Waals surface area contributed by atoms with Crippen LogP contribution in [0, 0.1) is 0 Å². The fourth-order valence-corrected chi connectivity index (χ4v) is 0.681. The van der Waals surface area contributed by atoms with Gasteiger partial charge in [0.1, 0.15) is 5.78 Å². The number of ketones is 1. The molecule has 0 saturated heterocycles. The minimum Gasteiger partial charge on any atom is -0.486 e. The highest BCUT2D eigenvalue weighted by atomic mass is 19.4. The van der Waals surface area contributed by atoms with Gasteiger partial charge in [0.05, 0.1) is 5.76 Å². The first kappa shape index (κ1) is 13.0. The van der Waals surface area contributed by atoms with Crippen molar-refractivity contribution in [2.75, 3.05) is 0 Å². The van der Waals surface area contributed by atoms with Crippen LogP contribution in [-0.2, 0) is 9.53 Å². The van der Waals surface area contributed by atoms with Crippen molar-refractivity contribution in [2.24, 2.45) is 0 Å². The third-order valence-corrected chi connectivity index (χ3v) is 1.50. The van der Waals surface area contributed by atoms with E-state index in [1.807, 2.05) is 0 Å². The average Bonchev–Trinajstić information content (AvgIpc) is 1.99. The van der Waals surface area contributed by atoms with Gasteiger partial charge < -0.3 is 4.74 Å². The summed E-state index contributed by atoms with van der Waals surface area (Å²) in [6, 6.07) is 0. The molecule has 0 heterocycles. The van der Waals surface area contributed by atoms with E-state index in [1.54, 1.807) is 0 Å². The molecule has 2 nitrogen and oxygen atoms in total. The molecule has 0 saturated carbocycles. The second kappa shape index (κ2) is 5.02. The fraction of sp³-hybridized carbons (Fsp3) is 0.667. The highest BCUT2D eigenvalue weighted by Gasteiger charge is 2.37. The Balaban J connectivity index is 4.12. The second-order valence-electron chi connectivity index (χ2n) is 3.02. The highest BCUT2D eigenvalue weighted by Crippen LogP contribution is 2.24. The molecule has 0 aromatic carbocycles. The average molecular weight is 210 g/mol. The number of Topliss-reactive ketones (excluding diaryl/α,β-unsaturated/α-hetero) is 1. The number of hydrogen-bond donors (Lipinski definition) is 0. The van der Waals surface area contributed by atoms with Crippen molar-refractivity contribution in [3.8, 4) is 0 Å². The minimum atomic E-state index is -4.37. The molecule has 0 aliphatic carbocycles. The standard InChI is InChI=1S/C9H13F3O2/c1-6(13)4-5-7(2)14-8(3)9(10,11)12/h5,8H,4H2,1-3H3/b7-5-. The van der Waals surface area contributed by atoms with Crippen LogP contribution in [0.15, 0.2) is 11.8 Å². The Labute approximate surface area is 80.7 Å². The third kappa shape index (κ3) is 5.61. The molecule has 0 aliphatic rings. The number of rotatable bonds is 4. The van der Waals surface area contributed by atoms with Gasteiger partial charge in [-0.3, -0.25) is 4.79 Å². The summed E-state index contributed by atoms with van der Waals surface area (Å²) >= 11 is 0. The Hall–Kier alpha value is -1.00. The first-order chi connectivity index (χ1) is 6.23. The molecule has 0 N–H and O–H groups in total. The van der Waals surface area contributed by atoms with E-state index >= 15 is 0 Å². The molecule has 1 unspecified atom stereocenters. The number of carbonyl (C=O) groups is 1. The number of alkyl halides is 3. The normalized spacial score (nSPS) is 15.1. The van der Waals surface area contributed by atoms with E-state index in [0.29, 0.717) is 0 Å². The van der Waals surface area contributed by atoms with Gasteiger partial charge >= 0.3 is 6.18 Å². The van der Waals surface area contributed by atoms with E-state index < -0.39 is 12.3 Å². The highest BCUT2D eigenvalue weighted by molar-refractivity contribution is 5.77. The summed E-state index contributed by atoms with van der Waals surface area (Å²) in [5, 5.41) is 0. The summed E-state index contributed by atoms with van der Waals surface area (Å²) in [5.74, 6) is -0.00219. The van der Waals surface area contributed by atoms with Crippen LogP contribution in [0.4, 0.5) is 13.2 Å². The van der Waals surface area contributed by atoms with Gasteiger partial charge in [-0.05, 0) is 26.8 Å². The van der Waals surface area contributed by atoms with Crippen molar-refractivity contribution in [3.63, 3.8) is 0 Å². The molecule has 0 aliphatic heterocycles. The summed E-state index contributed by atoms with van der Waals surface area (Å²) in [4.78, 5) is 10.5. The van der Waals surface area contributed by atoms with E-state index in [-0.39, 0.29) is 18.0 Å². The van der Waals surface area contributed by atoms with Gasteiger partial charge in [-0.2, -0.15) is 13.2 Å². The SMILES string of the molecule is CC(=O)C/C=C(/C)OC(C)C(F)(F)F.